The zero-order chi connectivity index (χ0) is 22.4. The molecule has 0 radical (unpaired) electrons. The van der Waals surface area contributed by atoms with Gasteiger partial charge in [0.05, 0.1) is 26.5 Å². The van der Waals surface area contributed by atoms with Gasteiger partial charge >= 0.3 is 0 Å². The van der Waals surface area contributed by atoms with E-state index in [1.807, 2.05) is 32.0 Å². The van der Waals surface area contributed by atoms with Crippen molar-refractivity contribution in [2.45, 2.75) is 39.2 Å². The number of aryl methyl sites for hydroxylation is 2. The number of nitrogens with zero attached hydrogens (tertiary/aromatic N) is 1. The largest absolute Gasteiger partial charge is 0.497 e. The third-order valence-corrected chi connectivity index (χ3v) is 5.46. The molecule has 0 bridgehead atoms. The number of nitrogens with one attached hydrogen (secondary N) is 2. The predicted molar refractivity (Wildman–Crippen MR) is 122 cm³/mol. The van der Waals surface area contributed by atoms with Crippen molar-refractivity contribution in [2.75, 3.05) is 37.9 Å². The highest BCUT2D eigenvalue weighted by atomic mass is 16.5. The van der Waals surface area contributed by atoms with Gasteiger partial charge < -0.3 is 20.1 Å². The van der Waals surface area contributed by atoms with E-state index in [-0.39, 0.29) is 24.8 Å². The van der Waals surface area contributed by atoms with Gasteiger partial charge in [-0.2, -0.15) is 0 Å². The van der Waals surface area contributed by atoms with E-state index < -0.39 is 0 Å². The molecule has 7 nitrogen and oxygen atoms in total. The van der Waals surface area contributed by atoms with Crippen molar-refractivity contribution in [3.63, 3.8) is 0 Å². The van der Waals surface area contributed by atoms with Gasteiger partial charge in [-0.1, -0.05) is 18.2 Å². The standard InChI is InChI=1S/C24H31N3O4/c1-16-6-5-7-17(2)24(16)26-23(29)15-27(18-8-9-18)13-12-22(28)25-20-14-19(30-3)10-11-21(20)31-4/h5-7,10-11,14,18H,8-9,12-13,15H2,1-4H3,(H,25,28)(H,26,29). The van der Waals surface area contributed by atoms with E-state index in [4.69, 9.17) is 9.47 Å². The maximum atomic E-state index is 12.7. The van der Waals surface area contributed by atoms with E-state index in [0.717, 1.165) is 29.7 Å². The molecule has 0 aliphatic heterocycles. The first-order valence-corrected chi connectivity index (χ1v) is 10.5. The molecule has 166 valence electrons. The monoisotopic (exact) mass is 425 g/mol. The molecular weight excluding hydrogens is 394 g/mol. The van der Waals surface area contributed by atoms with Crippen LogP contribution in [0.5, 0.6) is 11.5 Å². The summed E-state index contributed by atoms with van der Waals surface area (Å²) in [6.07, 6.45) is 2.40. The number of benzene rings is 2. The van der Waals surface area contributed by atoms with E-state index in [1.165, 1.54) is 0 Å². The molecule has 3 rings (SSSR count). The van der Waals surface area contributed by atoms with E-state index in [9.17, 15) is 9.59 Å². The van der Waals surface area contributed by atoms with Crippen LogP contribution >= 0.6 is 0 Å². The maximum absolute atomic E-state index is 12.7. The molecule has 7 heteroatoms. The number of ether oxygens (including phenoxy) is 2. The molecule has 2 aromatic carbocycles. The first kappa shape index (κ1) is 22.6. The zero-order valence-electron chi connectivity index (χ0n) is 18.7. The van der Waals surface area contributed by atoms with Crippen LogP contribution in [0, 0.1) is 13.8 Å². The molecule has 1 fully saturated rings. The van der Waals surface area contributed by atoms with Crippen molar-refractivity contribution < 1.29 is 19.1 Å². The number of carbonyl (C=O) groups excluding carboxylic acids is 2. The lowest BCUT2D eigenvalue weighted by molar-refractivity contribution is -0.119. The summed E-state index contributed by atoms with van der Waals surface area (Å²) >= 11 is 0. The Morgan fingerprint density at radius 1 is 1.00 bits per heavy atom. The fourth-order valence-corrected chi connectivity index (χ4v) is 3.58. The minimum atomic E-state index is -0.132. The fraction of sp³-hybridized carbons (Fsp3) is 0.417. The fourth-order valence-electron chi connectivity index (χ4n) is 3.58. The number of amides is 2. The molecule has 31 heavy (non-hydrogen) atoms. The average Bonchev–Trinajstić information content (AvgIpc) is 3.59. The summed E-state index contributed by atoms with van der Waals surface area (Å²) in [6, 6.07) is 11.6. The van der Waals surface area contributed by atoms with Crippen molar-refractivity contribution in [1.82, 2.24) is 4.90 Å². The Morgan fingerprint density at radius 3 is 2.32 bits per heavy atom. The van der Waals surface area contributed by atoms with E-state index in [2.05, 4.69) is 15.5 Å². The number of carbonyl (C=O) groups is 2. The van der Waals surface area contributed by atoms with Gasteiger partial charge in [-0.05, 0) is 49.9 Å². The van der Waals surface area contributed by atoms with Crippen molar-refractivity contribution in [1.29, 1.82) is 0 Å². The Bertz CT molecular complexity index is 920. The van der Waals surface area contributed by atoms with Gasteiger partial charge in [0.25, 0.3) is 0 Å². The number of hydrogen-bond donors (Lipinski definition) is 2. The average molecular weight is 426 g/mol. The van der Waals surface area contributed by atoms with E-state index >= 15 is 0 Å². The lowest BCUT2D eigenvalue weighted by Gasteiger charge is -2.22. The Labute approximate surface area is 183 Å². The van der Waals surface area contributed by atoms with Crippen LogP contribution in [0.15, 0.2) is 36.4 Å². The molecule has 0 heterocycles. The minimum Gasteiger partial charge on any atom is -0.497 e. The lowest BCUT2D eigenvalue weighted by atomic mass is 10.1. The van der Waals surface area contributed by atoms with Gasteiger partial charge in [-0.3, -0.25) is 14.5 Å². The Morgan fingerprint density at radius 2 is 1.71 bits per heavy atom. The van der Waals surface area contributed by atoms with Crippen LogP contribution in [0.3, 0.4) is 0 Å². The van der Waals surface area contributed by atoms with Crippen LogP contribution < -0.4 is 20.1 Å². The van der Waals surface area contributed by atoms with Crippen molar-refractivity contribution >= 4 is 23.2 Å². The molecule has 2 N–H and O–H groups in total. The van der Waals surface area contributed by atoms with Crippen LogP contribution in [0.25, 0.3) is 0 Å². The normalized spacial score (nSPS) is 13.1. The maximum Gasteiger partial charge on any atom is 0.238 e. The first-order chi connectivity index (χ1) is 14.9. The van der Waals surface area contributed by atoms with Gasteiger partial charge in [-0.25, -0.2) is 0 Å². The second-order valence-corrected chi connectivity index (χ2v) is 7.88. The molecule has 0 atom stereocenters. The summed E-state index contributed by atoms with van der Waals surface area (Å²) in [4.78, 5) is 27.3. The Balaban J connectivity index is 1.56. The topological polar surface area (TPSA) is 79.9 Å². The molecule has 1 saturated carbocycles. The highest BCUT2D eigenvalue weighted by Gasteiger charge is 2.30. The van der Waals surface area contributed by atoms with Gasteiger partial charge in [0.15, 0.2) is 0 Å². The van der Waals surface area contributed by atoms with E-state index in [1.54, 1.807) is 32.4 Å². The molecule has 2 aromatic rings. The summed E-state index contributed by atoms with van der Waals surface area (Å²) in [5, 5.41) is 5.92. The first-order valence-electron chi connectivity index (χ1n) is 10.5. The predicted octanol–water partition coefficient (Wildman–Crippen LogP) is 3.75. The smallest absolute Gasteiger partial charge is 0.238 e. The molecule has 1 aliphatic carbocycles. The van der Waals surface area contributed by atoms with Gasteiger partial charge in [0, 0.05) is 30.8 Å². The lowest BCUT2D eigenvalue weighted by Crippen LogP contribution is -2.37. The third-order valence-electron chi connectivity index (χ3n) is 5.46. The van der Waals surface area contributed by atoms with Crippen LogP contribution in [-0.2, 0) is 9.59 Å². The van der Waals surface area contributed by atoms with Gasteiger partial charge in [0.2, 0.25) is 11.8 Å². The zero-order valence-corrected chi connectivity index (χ0v) is 18.7. The number of anilines is 2. The molecule has 0 saturated heterocycles. The van der Waals surface area contributed by atoms with Gasteiger partial charge in [0.1, 0.15) is 11.5 Å². The molecular formula is C24H31N3O4. The number of para-hydroxylation sites is 1. The molecule has 0 spiro atoms. The quantitative estimate of drug-likeness (QED) is 0.606. The van der Waals surface area contributed by atoms with Crippen LogP contribution in [0.2, 0.25) is 0 Å². The molecule has 0 aromatic heterocycles. The van der Waals surface area contributed by atoms with Crippen molar-refractivity contribution in [3.05, 3.63) is 47.5 Å². The second kappa shape index (κ2) is 10.3. The Kier molecular flexibility index (Phi) is 7.52. The second-order valence-electron chi connectivity index (χ2n) is 7.88. The number of hydrogen-bond acceptors (Lipinski definition) is 5. The number of methoxy groups -OCH3 is 2. The summed E-state index contributed by atoms with van der Waals surface area (Å²) in [6.45, 7) is 4.76. The summed E-state index contributed by atoms with van der Waals surface area (Å²) in [7, 11) is 3.13. The van der Waals surface area contributed by atoms with Gasteiger partial charge in [-0.15, -0.1) is 0 Å². The van der Waals surface area contributed by atoms with Crippen molar-refractivity contribution in [2.24, 2.45) is 0 Å². The molecule has 2 amide bonds. The number of rotatable bonds is 10. The van der Waals surface area contributed by atoms with Crippen LogP contribution in [-0.4, -0.2) is 50.1 Å². The summed E-state index contributed by atoms with van der Waals surface area (Å²) in [5.74, 6) is 1.02. The molecule has 1 aliphatic rings. The van der Waals surface area contributed by atoms with E-state index in [0.29, 0.717) is 29.8 Å². The van der Waals surface area contributed by atoms with Crippen LogP contribution in [0.1, 0.15) is 30.4 Å². The SMILES string of the molecule is COc1ccc(OC)c(NC(=O)CCN(CC(=O)Nc2c(C)cccc2C)C2CC2)c1. The minimum absolute atomic E-state index is 0.0563. The summed E-state index contributed by atoms with van der Waals surface area (Å²) in [5.41, 5.74) is 3.51. The van der Waals surface area contributed by atoms with Crippen LogP contribution in [0.4, 0.5) is 11.4 Å². The molecule has 0 unspecified atom stereocenters. The third kappa shape index (κ3) is 6.21. The Hall–Kier alpha value is -3.06. The van der Waals surface area contributed by atoms with Crippen molar-refractivity contribution in [3.8, 4) is 11.5 Å². The summed E-state index contributed by atoms with van der Waals surface area (Å²) < 4.78 is 10.5. The highest BCUT2D eigenvalue weighted by molar-refractivity contribution is 5.94. The highest BCUT2D eigenvalue weighted by Crippen LogP contribution is 2.30.